The number of carbonyl (C=O) groups excluding carboxylic acids is 1. The fourth-order valence-corrected chi connectivity index (χ4v) is 2.97. The van der Waals surface area contributed by atoms with Gasteiger partial charge in [0.05, 0.1) is 0 Å². The van der Waals surface area contributed by atoms with Gasteiger partial charge in [-0.2, -0.15) is 0 Å². The molecule has 4 nitrogen and oxygen atoms in total. The Bertz CT molecular complexity index is 994. The van der Waals surface area contributed by atoms with Gasteiger partial charge < -0.3 is 14.2 Å². The maximum Gasteiger partial charge on any atom is 0.336 e. The number of hydrogen-bond acceptors (Lipinski definition) is 4. The van der Waals surface area contributed by atoms with Crippen molar-refractivity contribution in [2.75, 3.05) is 6.79 Å². The maximum atomic E-state index is 12.0. The Labute approximate surface area is 152 Å². The number of benzene rings is 3. The van der Waals surface area contributed by atoms with Crippen LogP contribution in [0.15, 0.2) is 65.1 Å². The molecule has 0 saturated heterocycles. The third-order valence-corrected chi connectivity index (χ3v) is 4.29. The summed E-state index contributed by atoms with van der Waals surface area (Å²) in [5, 5.41) is 2.08. The van der Waals surface area contributed by atoms with Crippen LogP contribution in [0.2, 0.25) is 0 Å². The van der Waals surface area contributed by atoms with Crippen molar-refractivity contribution in [3.63, 3.8) is 0 Å². The van der Waals surface area contributed by atoms with Gasteiger partial charge in [-0.05, 0) is 58.8 Å². The second-order valence-corrected chi connectivity index (χ2v) is 6.44. The largest absolute Gasteiger partial charge is 0.454 e. The number of fused-ring (bicyclic) bond motifs is 2. The summed E-state index contributed by atoms with van der Waals surface area (Å²) in [5.74, 6) is 1.46. The van der Waals surface area contributed by atoms with E-state index in [9.17, 15) is 4.79 Å². The van der Waals surface area contributed by atoms with Gasteiger partial charge in [0.2, 0.25) is 6.79 Å². The average Bonchev–Trinajstić information content (AvgIpc) is 3.08. The number of esters is 1. The minimum atomic E-state index is -0.436. The lowest BCUT2D eigenvalue weighted by atomic mass is 10.1. The number of carbonyl (C=O) groups is 1. The van der Waals surface area contributed by atoms with Gasteiger partial charge in [-0.1, -0.05) is 34.1 Å². The topological polar surface area (TPSA) is 44.8 Å². The molecule has 25 heavy (non-hydrogen) atoms. The van der Waals surface area contributed by atoms with Crippen molar-refractivity contribution in [3.8, 4) is 17.2 Å². The zero-order valence-corrected chi connectivity index (χ0v) is 14.7. The van der Waals surface area contributed by atoms with Gasteiger partial charge in [-0.3, -0.25) is 0 Å². The molecule has 1 aliphatic rings. The first-order chi connectivity index (χ1) is 12.2. The van der Waals surface area contributed by atoms with Crippen molar-refractivity contribution >= 4 is 38.7 Å². The summed E-state index contributed by atoms with van der Waals surface area (Å²) in [4.78, 5) is 12.0. The van der Waals surface area contributed by atoms with E-state index in [1.807, 2.05) is 48.5 Å². The van der Waals surface area contributed by atoms with Crippen LogP contribution in [-0.4, -0.2) is 12.8 Å². The summed E-state index contributed by atoms with van der Waals surface area (Å²) in [6.45, 7) is 0.225. The lowest BCUT2D eigenvalue weighted by Crippen LogP contribution is -2.03. The van der Waals surface area contributed by atoms with Crippen LogP contribution in [0.3, 0.4) is 0 Å². The monoisotopic (exact) mass is 396 g/mol. The third kappa shape index (κ3) is 3.51. The Morgan fingerprint density at radius 2 is 1.76 bits per heavy atom. The molecule has 0 amide bonds. The first-order valence-electron chi connectivity index (χ1n) is 7.66. The molecule has 3 aromatic carbocycles. The van der Waals surface area contributed by atoms with E-state index >= 15 is 0 Å². The number of rotatable bonds is 3. The molecule has 0 spiro atoms. The molecule has 124 valence electrons. The molecule has 1 heterocycles. The summed E-state index contributed by atoms with van der Waals surface area (Å²) in [7, 11) is 0. The SMILES string of the molecule is O=C(C=Cc1ccc2c(c1)OCO2)Oc1ccc2cc(Br)ccc2c1. The van der Waals surface area contributed by atoms with Gasteiger partial charge in [-0.15, -0.1) is 0 Å². The van der Waals surface area contributed by atoms with Crippen molar-refractivity contribution in [1.82, 2.24) is 0 Å². The van der Waals surface area contributed by atoms with E-state index in [-0.39, 0.29) is 6.79 Å². The molecule has 1 aliphatic heterocycles. The van der Waals surface area contributed by atoms with Crippen molar-refractivity contribution in [3.05, 3.63) is 70.7 Å². The Morgan fingerprint density at radius 1 is 0.960 bits per heavy atom. The lowest BCUT2D eigenvalue weighted by Gasteiger charge is -2.04. The van der Waals surface area contributed by atoms with E-state index < -0.39 is 5.97 Å². The van der Waals surface area contributed by atoms with E-state index in [4.69, 9.17) is 14.2 Å². The molecular formula is C20H13BrO4. The molecular weight excluding hydrogens is 384 g/mol. The van der Waals surface area contributed by atoms with Gasteiger partial charge in [0.15, 0.2) is 11.5 Å². The van der Waals surface area contributed by atoms with Crippen LogP contribution < -0.4 is 14.2 Å². The molecule has 0 atom stereocenters. The standard InChI is InChI=1S/C20H13BrO4/c21-16-5-3-15-11-17(6-4-14(15)10-16)25-20(22)8-2-13-1-7-18-19(9-13)24-12-23-18/h1-11H,12H2. The number of ether oxygens (including phenoxy) is 3. The maximum absolute atomic E-state index is 12.0. The van der Waals surface area contributed by atoms with Crippen LogP contribution >= 0.6 is 15.9 Å². The molecule has 0 N–H and O–H groups in total. The second kappa shape index (κ2) is 6.61. The van der Waals surface area contributed by atoms with Crippen LogP contribution in [0.4, 0.5) is 0 Å². The van der Waals surface area contributed by atoms with Gasteiger partial charge in [-0.25, -0.2) is 4.79 Å². The average molecular weight is 397 g/mol. The van der Waals surface area contributed by atoms with E-state index in [0.717, 1.165) is 20.8 Å². The molecule has 0 bridgehead atoms. The highest BCUT2D eigenvalue weighted by Gasteiger charge is 2.12. The van der Waals surface area contributed by atoms with Gasteiger partial charge >= 0.3 is 5.97 Å². The van der Waals surface area contributed by atoms with Gasteiger partial charge in [0.1, 0.15) is 5.75 Å². The van der Waals surface area contributed by atoms with Crippen LogP contribution in [-0.2, 0) is 4.79 Å². The number of halogens is 1. The molecule has 0 unspecified atom stereocenters. The molecule has 3 aromatic rings. The van der Waals surface area contributed by atoms with Crippen LogP contribution in [0.25, 0.3) is 16.8 Å². The van der Waals surface area contributed by atoms with Crippen molar-refractivity contribution in [2.45, 2.75) is 0 Å². The van der Waals surface area contributed by atoms with Crippen LogP contribution in [0.1, 0.15) is 5.56 Å². The van der Waals surface area contributed by atoms with Crippen molar-refractivity contribution in [2.24, 2.45) is 0 Å². The van der Waals surface area contributed by atoms with Gasteiger partial charge in [0.25, 0.3) is 0 Å². The number of hydrogen-bond donors (Lipinski definition) is 0. The molecule has 0 radical (unpaired) electrons. The minimum absolute atomic E-state index is 0.225. The molecule has 0 aliphatic carbocycles. The van der Waals surface area contributed by atoms with Crippen molar-refractivity contribution in [1.29, 1.82) is 0 Å². The summed E-state index contributed by atoms with van der Waals surface area (Å²) in [6, 6.07) is 17.0. The summed E-state index contributed by atoms with van der Waals surface area (Å²) in [6.07, 6.45) is 3.08. The highest BCUT2D eigenvalue weighted by Crippen LogP contribution is 2.32. The van der Waals surface area contributed by atoms with E-state index in [1.54, 1.807) is 12.1 Å². The molecule has 4 rings (SSSR count). The predicted octanol–water partition coefficient (Wildman–Crippen LogP) is 4.95. The molecule has 5 heteroatoms. The lowest BCUT2D eigenvalue weighted by molar-refractivity contribution is -0.128. The zero-order valence-electron chi connectivity index (χ0n) is 13.1. The predicted molar refractivity (Wildman–Crippen MR) is 98.9 cm³/mol. The third-order valence-electron chi connectivity index (χ3n) is 3.80. The Hall–Kier alpha value is -2.79. The first kappa shape index (κ1) is 15.7. The Kier molecular flexibility index (Phi) is 4.15. The second-order valence-electron chi connectivity index (χ2n) is 5.52. The van der Waals surface area contributed by atoms with Crippen LogP contribution in [0.5, 0.6) is 17.2 Å². The Balaban J connectivity index is 1.47. The van der Waals surface area contributed by atoms with E-state index in [0.29, 0.717) is 17.2 Å². The highest BCUT2D eigenvalue weighted by molar-refractivity contribution is 9.10. The van der Waals surface area contributed by atoms with Crippen molar-refractivity contribution < 1.29 is 19.0 Å². The summed E-state index contributed by atoms with van der Waals surface area (Å²) in [5.41, 5.74) is 0.838. The molecule has 0 fully saturated rings. The van der Waals surface area contributed by atoms with E-state index in [1.165, 1.54) is 6.08 Å². The fraction of sp³-hybridized carbons (Fsp3) is 0.0500. The molecule has 0 saturated carbocycles. The van der Waals surface area contributed by atoms with Crippen LogP contribution in [0, 0.1) is 0 Å². The Morgan fingerprint density at radius 3 is 2.68 bits per heavy atom. The fourth-order valence-electron chi connectivity index (χ4n) is 2.59. The highest BCUT2D eigenvalue weighted by atomic mass is 79.9. The first-order valence-corrected chi connectivity index (χ1v) is 8.45. The minimum Gasteiger partial charge on any atom is -0.454 e. The summed E-state index contributed by atoms with van der Waals surface area (Å²) < 4.78 is 17.0. The van der Waals surface area contributed by atoms with E-state index in [2.05, 4.69) is 15.9 Å². The molecule has 0 aromatic heterocycles. The quantitative estimate of drug-likeness (QED) is 0.357. The normalized spacial score (nSPS) is 12.7. The summed E-state index contributed by atoms with van der Waals surface area (Å²) >= 11 is 3.44. The smallest absolute Gasteiger partial charge is 0.336 e. The zero-order chi connectivity index (χ0) is 17.2. The van der Waals surface area contributed by atoms with Gasteiger partial charge in [0, 0.05) is 10.5 Å².